The van der Waals surface area contributed by atoms with E-state index in [4.69, 9.17) is 14.3 Å². The number of hydrogen-bond acceptors (Lipinski definition) is 6. The molecule has 0 saturated carbocycles. The molecule has 0 aliphatic carbocycles. The molecule has 1 aromatic rings. The van der Waals surface area contributed by atoms with E-state index in [0.29, 0.717) is 0 Å². The molecule has 20 heavy (non-hydrogen) atoms. The van der Waals surface area contributed by atoms with Crippen LogP contribution in [0, 0.1) is 5.92 Å². The van der Waals surface area contributed by atoms with Crippen LogP contribution in [0.1, 0.15) is 44.6 Å². The van der Waals surface area contributed by atoms with Crippen LogP contribution in [0.2, 0.25) is 0 Å². The maximum atomic E-state index is 11.6. The zero-order chi connectivity index (χ0) is 15.3. The van der Waals surface area contributed by atoms with Gasteiger partial charge in [-0.1, -0.05) is 13.8 Å². The highest BCUT2D eigenvalue weighted by molar-refractivity contribution is 5.70. The van der Waals surface area contributed by atoms with E-state index in [1.54, 1.807) is 6.92 Å². The van der Waals surface area contributed by atoms with Gasteiger partial charge in [-0.05, 0) is 12.8 Å². The fraction of sp³-hybridized carbons (Fsp3) is 0.571. The van der Waals surface area contributed by atoms with Crippen molar-refractivity contribution < 1.29 is 24.2 Å². The average molecular weight is 284 g/mol. The molecule has 0 aliphatic heterocycles. The fourth-order valence-electron chi connectivity index (χ4n) is 1.91. The van der Waals surface area contributed by atoms with E-state index in [1.807, 2.05) is 13.8 Å². The van der Waals surface area contributed by atoms with Gasteiger partial charge in [0.05, 0.1) is 13.0 Å². The van der Waals surface area contributed by atoms with Gasteiger partial charge in [0.2, 0.25) is 11.2 Å². The normalized spacial score (nSPS) is 12.4. The molecule has 6 heteroatoms. The maximum absolute atomic E-state index is 11.6. The molecule has 1 unspecified atom stereocenters. The van der Waals surface area contributed by atoms with Crippen molar-refractivity contribution in [1.82, 2.24) is 0 Å². The summed E-state index contributed by atoms with van der Waals surface area (Å²) in [4.78, 5) is 23.2. The lowest BCUT2D eigenvalue weighted by atomic mass is 9.89. The van der Waals surface area contributed by atoms with Gasteiger partial charge >= 0.3 is 5.97 Å². The van der Waals surface area contributed by atoms with Gasteiger partial charge in [-0.2, -0.15) is 0 Å². The van der Waals surface area contributed by atoms with E-state index in [0.717, 1.165) is 6.07 Å². The first-order valence-corrected chi connectivity index (χ1v) is 6.53. The minimum atomic E-state index is -0.634. The van der Waals surface area contributed by atoms with Gasteiger partial charge in [-0.25, -0.2) is 0 Å². The summed E-state index contributed by atoms with van der Waals surface area (Å²) in [7, 11) is 0. The van der Waals surface area contributed by atoms with E-state index in [1.165, 1.54) is 0 Å². The summed E-state index contributed by atoms with van der Waals surface area (Å²) in [6.45, 7) is 5.19. The lowest BCUT2D eigenvalue weighted by molar-refractivity contribution is -0.144. The molecule has 0 fully saturated rings. The summed E-state index contributed by atoms with van der Waals surface area (Å²) in [5.41, 5.74) is -0.634. The summed E-state index contributed by atoms with van der Waals surface area (Å²) >= 11 is 0. The zero-order valence-corrected chi connectivity index (χ0v) is 11.9. The Morgan fingerprint density at radius 1 is 1.45 bits per heavy atom. The van der Waals surface area contributed by atoms with Crippen molar-refractivity contribution in [2.24, 2.45) is 5.92 Å². The number of carbonyl (C=O) groups excluding carboxylic acids is 1. The highest BCUT2D eigenvalue weighted by Gasteiger charge is 2.27. The average Bonchev–Trinajstić information content (AvgIpc) is 2.39. The van der Waals surface area contributed by atoms with Crippen molar-refractivity contribution >= 4 is 5.97 Å². The van der Waals surface area contributed by atoms with Crippen LogP contribution in [0.3, 0.4) is 0 Å². The smallest absolute Gasteiger partial charge is 0.306 e. The predicted molar refractivity (Wildman–Crippen MR) is 71.4 cm³/mol. The molecule has 0 radical (unpaired) electrons. The molecule has 0 bridgehead atoms. The molecule has 1 rings (SSSR count). The van der Waals surface area contributed by atoms with Crippen molar-refractivity contribution in [1.29, 1.82) is 0 Å². The molecule has 1 heterocycles. The Labute approximate surface area is 117 Å². The number of aromatic hydroxyl groups is 1. The van der Waals surface area contributed by atoms with Crippen molar-refractivity contribution in [3.05, 3.63) is 27.8 Å². The van der Waals surface area contributed by atoms with E-state index in [2.05, 4.69) is 0 Å². The first kappa shape index (κ1) is 16.2. The second kappa shape index (κ2) is 7.09. The highest BCUT2D eigenvalue weighted by atomic mass is 16.5. The molecule has 0 aliphatic rings. The summed E-state index contributed by atoms with van der Waals surface area (Å²) < 4.78 is 10.2. The molecule has 6 nitrogen and oxygen atoms in total. The predicted octanol–water partition coefficient (Wildman–Crippen LogP) is 1.53. The molecule has 0 saturated heterocycles. The van der Waals surface area contributed by atoms with E-state index < -0.39 is 29.7 Å². The molecule has 0 amide bonds. The Hall–Kier alpha value is -1.82. The van der Waals surface area contributed by atoms with E-state index in [9.17, 15) is 14.7 Å². The Kier molecular flexibility index (Phi) is 5.76. The van der Waals surface area contributed by atoms with Crippen LogP contribution in [-0.2, 0) is 16.1 Å². The first-order chi connectivity index (χ1) is 9.40. The van der Waals surface area contributed by atoms with E-state index in [-0.39, 0.29) is 30.5 Å². The second-order valence-corrected chi connectivity index (χ2v) is 4.81. The van der Waals surface area contributed by atoms with Crippen LogP contribution >= 0.6 is 0 Å². The summed E-state index contributed by atoms with van der Waals surface area (Å²) in [6, 6.07) is 1.03. The Morgan fingerprint density at radius 2 is 2.10 bits per heavy atom. The number of carbonyl (C=O) groups is 1. The monoisotopic (exact) mass is 284 g/mol. The van der Waals surface area contributed by atoms with Crippen molar-refractivity contribution in [2.75, 3.05) is 6.61 Å². The Morgan fingerprint density at radius 3 is 2.60 bits per heavy atom. The molecule has 1 aromatic heterocycles. The van der Waals surface area contributed by atoms with Crippen LogP contribution in [0.4, 0.5) is 0 Å². The lowest BCUT2D eigenvalue weighted by Crippen LogP contribution is -2.17. The van der Waals surface area contributed by atoms with Crippen LogP contribution < -0.4 is 5.43 Å². The van der Waals surface area contributed by atoms with Gasteiger partial charge in [0, 0.05) is 12.0 Å². The highest BCUT2D eigenvalue weighted by Crippen LogP contribution is 2.33. The molecular formula is C14H20O6. The van der Waals surface area contributed by atoms with Gasteiger partial charge in [0.1, 0.15) is 12.4 Å². The van der Waals surface area contributed by atoms with Crippen LogP contribution in [0.15, 0.2) is 15.3 Å². The lowest BCUT2D eigenvalue weighted by Gasteiger charge is -2.20. The third kappa shape index (κ3) is 3.84. The number of hydrogen-bond donors (Lipinski definition) is 2. The van der Waals surface area contributed by atoms with E-state index >= 15 is 0 Å². The minimum absolute atomic E-state index is 0.00309. The SMILES string of the molecule is CCOC(=O)CC(c1oc(CO)cc(=O)c1O)C(C)C. The summed E-state index contributed by atoms with van der Waals surface area (Å²) in [5.74, 6) is -1.43. The molecule has 0 spiro atoms. The summed E-state index contributed by atoms with van der Waals surface area (Å²) in [6.07, 6.45) is -0.00309. The van der Waals surface area contributed by atoms with Crippen molar-refractivity contribution in [2.45, 2.75) is 39.7 Å². The van der Waals surface area contributed by atoms with Crippen LogP contribution in [-0.4, -0.2) is 22.8 Å². The Balaban J connectivity index is 3.18. The number of aliphatic hydroxyl groups excluding tert-OH is 1. The van der Waals surface area contributed by atoms with Gasteiger partial charge in [-0.15, -0.1) is 0 Å². The standard InChI is InChI=1S/C14H20O6/c1-4-19-12(17)6-10(8(2)3)14-13(18)11(16)5-9(7-15)20-14/h5,8,10,15,18H,4,6-7H2,1-3H3. The molecular weight excluding hydrogens is 264 g/mol. The number of esters is 1. The molecule has 112 valence electrons. The van der Waals surface area contributed by atoms with Crippen LogP contribution in [0.25, 0.3) is 0 Å². The third-order valence-corrected chi connectivity index (χ3v) is 2.99. The van der Waals surface area contributed by atoms with Gasteiger partial charge in [0.15, 0.2) is 5.76 Å². The quantitative estimate of drug-likeness (QED) is 0.769. The number of aliphatic hydroxyl groups is 1. The van der Waals surface area contributed by atoms with Crippen molar-refractivity contribution in [3.63, 3.8) is 0 Å². The van der Waals surface area contributed by atoms with Crippen molar-refractivity contribution in [3.8, 4) is 5.75 Å². The number of rotatable bonds is 6. The van der Waals surface area contributed by atoms with Crippen LogP contribution in [0.5, 0.6) is 5.75 Å². The number of ether oxygens (including phenoxy) is 1. The van der Waals surface area contributed by atoms with Gasteiger partial charge in [0.25, 0.3) is 0 Å². The molecule has 2 N–H and O–H groups in total. The second-order valence-electron chi connectivity index (χ2n) is 4.81. The largest absolute Gasteiger partial charge is 0.502 e. The molecule has 1 atom stereocenters. The third-order valence-electron chi connectivity index (χ3n) is 2.99. The fourth-order valence-corrected chi connectivity index (χ4v) is 1.91. The molecule has 0 aromatic carbocycles. The Bertz CT molecular complexity index is 517. The maximum Gasteiger partial charge on any atom is 0.306 e. The zero-order valence-electron chi connectivity index (χ0n) is 11.9. The van der Waals surface area contributed by atoms with Gasteiger partial charge < -0.3 is 19.4 Å². The van der Waals surface area contributed by atoms with Gasteiger partial charge in [-0.3, -0.25) is 9.59 Å². The summed E-state index contributed by atoms with van der Waals surface area (Å²) in [5, 5.41) is 18.9. The first-order valence-electron chi connectivity index (χ1n) is 6.53. The minimum Gasteiger partial charge on any atom is -0.502 e. The topological polar surface area (TPSA) is 97.0 Å².